The molecule has 2 aromatic rings. The molecule has 0 aliphatic carbocycles. The third kappa shape index (κ3) is 2.97. The maximum Gasteiger partial charge on any atom is 0.431 e. The Kier molecular flexibility index (Phi) is 3.54. The number of nitrogens with one attached hydrogen (secondary N) is 1. The van der Waals surface area contributed by atoms with E-state index in [1.54, 1.807) is 24.3 Å². The Labute approximate surface area is 114 Å². The Morgan fingerprint density at radius 2 is 1.94 bits per heavy atom. The zero-order valence-corrected chi connectivity index (χ0v) is 11.2. The summed E-state index contributed by atoms with van der Waals surface area (Å²) in [5, 5.41) is 0. The Hall–Kier alpha value is -1.21. The van der Waals surface area contributed by atoms with Crippen LogP contribution in [0.5, 0.6) is 0 Å². The average molecular weight is 335 g/mol. The molecule has 0 saturated carbocycles. The number of hydrogen-bond acceptors (Lipinski definition) is 2. The van der Waals surface area contributed by atoms with E-state index in [0.29, 0.717) is 5.56 Å². The van der Waals surface area contributed by atoms with Gasteiger partial charge in [-0.15, -0.1) is 0 Å². The van der Waals surface area contributed by atoms with Crippen LogP contribution in [0.3, 0.4) is 0 Å². The van der Waals surface area contributed by atoms with E-state index in [1.165, 1.54) is 0 Å². The summed E-state index contributed by atoms with van der Waals surface area (Å²) in [5.41, 5.74) is -0.153. The lowest BCUT2D eigenvalue weighted by molar-refractivity contribution is -0.141. The lowest BCUT2D eigenvalue weighted by Crippen LogP contribution is -2.09. The summed E-state index contributed by atoms with van der Waals surface area (Å²) in [5.74, 6) is 0. The minimum Gasteiger partial charge on any atom is -0.327 e. The van der Waals surface area contributed by atoms with Crippen LogP contribution in [-0.4, -0.2) is 9.97 Å². The molecule has 2 nitrogen and oxygen atoms in total. The van der Waals surface area contributed by atoms with Crippen LogP contribution in [0.1, 0.15) is 5.69 Å². The van der Waals surface area contributed by atoms with Gasteiger partial charge in [-0.2, -0.15) is 13.2 Å². The molecular formula is C11H6BrF3N2S. The molecule has 0 aliphatic rings. The highest BCUT2D eigenvalue weighted by Gasteiger charge is 2.32. The SMILES string of the molecule is FC(F)(F)c1cc(-c2cccc(Br)c2)nc(=S)[nH]1. The lowest BCUT2D eigenvalue weighted by Gasteiger charge is -2.08. The summed E-state index contributed by atoms with van der Waals surface area (Å²) in [6.07, 6.45) is -4.47. The lowest BCUT2D eigenvalue weighted by atomic mass is 10.1. The third-order valence-corrected chi connectivity index (χ3v) is 2.86. The fraction of sp³-hybridized carbons (Fsp3) is 0.0909. The van der Waals surface area contributed by atoms with Gasteiger partial charge in [-0.05, 0) is 30.4 Å². The molecule has 0 saturated heterocycles. The van der Waals surface area contributed by atoms with Crippen LogP contribution >= 0.6 is 28.1 Å². The molecule has 1 N–H and O–H groups in total. The number of aromatic amines is 1. The fourth-order valence-electron chi connectivity index (χ4n) is 1.41. The first-order valence-corrected chi connectivity index (χ1v) is 6.01. The van der Waals surface area contributed by atoms with E-state index in [1.807, 2.05) is 4.98 Å². The number of hydrogen-bond donors (Lipinski definition) is 1. The van der Waals surface area contributed by atoms with Crippen molar-refractivity contribution >= 4 is 28.1 Å². The Balaban J connectivity index is 2.59. The van der Waals surface area contributed by atoms with Crippen molar-refractivity contribution in [1.82, 2.24) is 9.97 Å². The van der Waals surface area contributed by atoms with Crippen LogP contribution in [0.2, 0.25) is 0 Å². The van der Waals surface area contributed by atoms with E-state index in [0.717, 1.165) is 10.5 Å². The van der Waals surface area contributed by atoms with Crippen LogP contribution < -0.4 is 0 Å². The van der Waals surface area contributed by atoms with Crippen molar-refractivity contribution in [2.24, 2.45) is 0 Å². The van der Waals surface area contributed by atoms with Crippen LogP contribution in [-0.2, 0) is 6.18 Å². The third-order valence-electron chi connectivity index (χ3n) is 2.17. The largest absolute Gasteiger partial charge is 0.431 e. The molecule has 1 aromatic heterocycles. The molecule has 94 valence electrons. The molecule has 0 radical (unpaired) electrons. The summed E-state index contributed by atoms with van der Waals surface area (Å²) in [6.45, 7) is 0. The van der Waals surface area contributed by atoms with E-state index in [2.05, 4.69) is 20.9 Å². The van der Waals surface area contributed by atoms with Gasteiger partial charge in [0.05, 0.1) is 5.69 Å². The van der Waals surface area contributed by atoms with Crippen molar-refractivity contribution < 1.29 is 13.2 Å². The van der Waals surface area contributed by atoms with E-state index in [-0.39, 0.29) is 10.5 Å². The molecule has 0 amide bonds. The molecule has 1 aromatic carbocycles. The van der Waals surface area contributed by atoms with E-state index in [9.17, 15) is 13.2 Å². The molecule has 2 rings (SSSR count). The molecule has 0 aliphatic heterocycles. The zero-order valence-electron chi connectivity index (χ0n) is 8.75. The molecule has 1 heterocycles. The minimum absolute atomic E-state index is 0.187. The van der Waals surface area contributed by atoms with E-state index in [4.69, 9.17) is 12.2 Å². The number of halogens is 4. The van der Waals surface area contributed by atoms with Gasteiger partial charge in [-0.3, -0.25) is 0 Å². The van der Waals surface area contributed by atoms with Crippen LogP contribution in [0.15, 0.2) is 34.8 Å². The van der Waals surface area contributed by atoms with Crippen molar-refractivity contribution in [3.63, 3.8) is 0 Å². The minimum atomic E-state index is -4.47. The molecule has 7 heteroatoms. The molecule has 0 bridgehead atoms. The smallest absolute Gasteiger partial charge is 0.327 e. The predicted octanol–water partition coefficient (Wildman–Crippen LogP) is 4.59. The van der Waals surface area contributed by atoms with Gasteiger partial charge < -0.3 is 4.98 Å². The van der Waals surface area contributed by atoms with Crippen molar-refractivity contribution in [2.75, 3.05) is 0 Å². The Morgan fingerprint density at radius 1 is 1.22 bits per heavy atom. The molecular weight excluding hydrogens is 329 g/mol. The van der Waals surface area contributed by atoms with Crippen LogP contribution in [0.4, 0.5) is 13.2 Å². The number of aromatic nitrogens is 2. The van der Waals surface area contributed by atoms with Gasteiger partial charge in [-0.1, -0.05) is 28.1 Å². The van der Waals surface area contributed by atoms with Gasteiger partial charge in [0.25, 0.3) is 0 Å². The highest BCUT2D eigenvalue weighted by atomic mass is 79.9. The summed E-state index contributed by atoms with van der Waals surface area (Å²) in [4.78, 5) is 5.94. The second-order valence-electron chi connectivity index (χ2n) is 3.49. The van der Waals surface area contributed by atoms with Gasteiger partial charge in [0.1, 0.15) is 5.69 Å². The average Bonchev–Trinajstić information content (AvgIpc) is 2.27. The van der Waals surface area contributed by atoms with Crippen molar-refractivity contribution in [3.8, 4) is 11.3 Å². The van der Waals surface area contributed by atoms with Crippen molar-refractivity contribution in [2.45, 2.75) is 6.18 Å². The van der Waals surface area contributed by atoms with Crippen molar-refractivity contribution in [3.05, 3.63) is 45.3 Å². The Bertz CT molecular complexity index is 637. The molecule has 0 atom stereocenters. The molecule has 0 fully saturated rings. The fourth-order valence-corrected chi connectivity index (χ4v) is 2.01. The predicted molar refractivity (Wildman–Crippen MR) is 67.6 cm³/mol. The van der Waals surface area contributed by atoms with E-state index < -0.39 is 11.9 Å². The first-order valence-electron chi connectivity index (χ1n) is 4.81. The molecule has 0 spiro atoms. The van der Waals surface area contributed by atoms with Crippen LogP contribution in [0, 0.1) is 4.77 Å². The highest BCUT2D eigenvalue weighted by Crippen LogP contribution is 2.30. The first-order chi connectivity index (χ1) is 8.36. The molecule has 0 unspecified atom stereocenters. The number of nitrogens with zero attached hydrogens (tertiary/aromatic N) is 1. The zero-order chi connectivity index (χ0) is 13.3. The second kappa shape index (κ2) is 4.81. The second-order valence-corrected chi connectivity index (χ2v) is 4.80. The maximum atomic E-state index is 12.6. The van der Waals surface area contributed by atoms with Gasteiger partial charge in [0, 0.05) is 10.0 Å². The number of alkyl halides is 3. The molecule has 18 heavy (non-hydrogen) atoms. The monoisotopic (exact) mass is 334 g/mol. The summed E-state index contributed by atoms with van der Waals surface area (Å²) >= 11 is 7.96. The van der Waals surface area contributed by atoms with Gasteiger partial charge in [-0.25, -0.2) is 4.98 Å². The highest BCUT2D eigenvalue weighted by molar-refractivity contribution is 9.10. The normalized spacial score (nSPS) is 11.6. The topological polar surface area (TPSA) is 28.7 Å². The summed E-state index contributed by atoms with van der Waals surface area (Å²) < 4.78 is 38.4. The Morgan fingerprint density at radius 3 is 2.56 bits per heavy atom. The number of H-pyrrole nitrogens is 1. The summed E-state index contributed by atoms with van der Waals surface area (Å²) in [6, 6.07) is 7.78. The van der Waals surface area contributed by atoms with E-state index >= 15 is 0 Å². The number of rotatable bonds is 1. The van der Waals surface area contributed by atoms with Gasteiger partial charge >= 0.3 is 6.18 Å². The van der Waals surface area contributed by atoms with Gasteiger partial charge in [0.15, 0.2) is 4.77 Å². The number of benzene rings is 1. The van der Waals surface area contributed by atoms with Crippen molar-refractivity contribution in [1.29, 1.82) is 0 Å². The van der Waals surface area contributed by atoms with Crippen LogP contribution in [0.25, 0.3) is 11.3 Å². The standard InChI is InChI=1S/C11H6BrF3N2S/c12-7-3-1-2-6(4-7)8-5-9(11(13,14)15)17-10(18)16-8/h1-5H,(H,16,17,18). The quantitative estimate of drug-likeness (QED) is 0.773. The first kappa shape index (κ1) is 13.2. The maximum absolute atomic E-state index is 12.6. The van der Waals surface area contributed by atoms with Gasteiger partial charge in [0.2, 0.25) is 0 Å². The summed E-state index contributed by atoms with van der Waals surface area (Å²) in [7, 11) is 0.